The minimum atomic E-state index is 0.208. The lowest BCUT2D eigenvalue weighted by molar-refractivity contribution is 0.150. The van der Waals surface area contributed by atoms with Gasteiger partial charge >= 0.3 is 0 Å². The lowest BCUT2D eigenvalue weighted by Gasteiger charge is -2.37. The summed E-state index contributed by atoms with van der Waals surface area (Å²) in [7, 11) is 0. The average Bonchev–Trinajstić information content (AvgIpc) is 2.52. The van der Waals surface area contributed by atoms with E-state index >= 15 is 0 Å². The molecule has 1 aromatic rings. The first-order valence-corrected chi connectivity index (χ1v) is 8.11. The van der Waals surface area contributed by atoms with Gasteiger partial charge in [0.15, 0.2) is 0 Å². The predicted molar refractivity (Wildman–Crippen MR) is 88.8 cm³/mol. The van der Waals surface area contributed by atoms with E-state index in [1.807, 2.05) is 0 Å². The van der Waals surface area contributed by atoms with Gasteiger partial charge in [-0.2, -0.15) is 0 Å². The molecule has 0 amide bonds. The van der Waals surface area contributed by atoms with E-state index in [1.165, 1.54) is 37.1 Å². The minimum absolute atomic E-state index is 0.208. The molecule has 2 heteroatoms. The third-order valence-corrected chi connectivity index (χ3v) is 4.91. The van der Waals surface area contributed by atoms with Gasteiger partial charge in [0.25, 0.3) is 0 Å². The highest BCUT2D eigenvalue weighted by molar-refractivity contribution is 5.26. The van der Waals surface area contributed by atoms with Crippen LogP contribution in [-0.2, 0) is 6.54 Å². The van der Waals surface area contributed by atoms with Crippen molar-refractivity contribution in [1.29, 1.82) is 0 Å². The summed E-state index contributed by atoms with van der Waals surface area (Å²) in [6.07, 6.45) is 9.26. The number of nitrogens with two attached hydrogens (primary N) is 1. The van der Waals surface area contributed by atoms with Gasteiger partial charge in [0.05, 0.1) is 0 Å². The molecule has 21 heavy (non-hydrogen) atoms. The van der Waals surface area contributed by atoms with E-state index in [0.29, 0.717) is 5.92 Å². The zero-order valence-corrected chi connectivity index (χ0v) is 12.9. The Kier molecular flexibility index (Phi) is 4.57. The van der Waals surface area contributed by atoms with Crippen molar-refractivity contribution < 1.29 is 0 Å². The second-order valence-corrected chi connectivity index (χ2v) is 6.52. The zero-order valence-electron chi connectivity index (χ0n) is 12.9. The average molecular weight is 282 g/mol. The monoisotopic (exact) mass is 282 g/mol. The van der Waals surface area contributed by atoms with E-state index in [-0.39, 0.29) is 6.04 Å². The lowest BCUT2D eigenvalue weighted by atomic mass is 9.77. The Morgan fingerprint density at radius 1 is 1.14 bits per heavy atom. The molecule has 0 bridgehead atoms. The topological polar surface area (TPSA) is 29.3 Å². The Bertz CT molecular complexity index is 510. The quantitative estimate of drug-likeness (QED) is 0.921. The summed E-state index contributed by atoms with van der Waals surface area (Å²) in [5.41, 5.74) is 9.07. The maximum atomic E-state index is 6.29. The summed E-state index contributed by atoms with van der Waals surface area (Å²) in [5.74, 6) is 1.28. The Hall–Kier alpha value is -1.38. The van der Waals surface area contributed by atoms with E-state index in [9.17, 15) is 0 Å². The number of hydrogen-bond donors (Lipinski definition) is 1. The maximum absolute atomic E-state index is 6.29. The molecular formula is C19H26N2. The fourth-order valence-corrected chi connectivity index (χ4v) is 3.65. The highest BCUT2D eigenvalue weighted by atomic mass is 15.1. The van der Waals surface area contributed by atoms with Crippen LogP contribution in [0.25, 0.3) is 0 Å². The van der Waals surface area contributed by atoms with E-state index in [0.717, 1.165) is 12.5 Å². The van der Waals surface area contributed by atoms with Gasteiger partial charge in [0.2, 0.25) is 0 Å². The standard InChI is InChI=1S/C19H26N2/c1-15-7-8-19(20)18(13-15)17-9-11-21(12-10-17)14-16-5-3-2-4-6-16/h2-8,13,17-19H,9-12,14,20H2,1H3. The van der Waals surface area contributed by atoms with Crippen molar-refractivity contribution in [2.45, 2.75) is 32.4 Å². The molecule has 1 heterocycles. The molecule has 0 saturated carbocycles. The molecule has 2 nitrogen and oxygen atoms in total. The van der Waals surface area contributed by atoms with Gasteiger partial charge < -0.3 is 5.73 Å². The predicted octanol–water partition coefficient (Wildman–Crippen LogP) is 3.36. The van der Waals surface area contributed by atoms with E-state index < -0.39 is 0 Å². The fourth-order valence-electron chi connectivity index (χ4n) is 3.65. The molecule has 2 atom stereocenters. The smallest absolute Gasteiger partial charge is 0.0293 e. The van der Waals surface area contributed by atoms with E-state index in [2.05, 4.69) is 60.4 Å². The van der Waals surface area contributed by atoms with Crippen LogP contribution in [0.1, 0.15) is 25.3 Å². The van der Waals surface area contributed by atoms with Gasteiger partial charge in [0.1, 0.15) is 0 Å². The Morgan fingerprint density at radius 2 is 1.86 bits per heavy atom. The Labute approximate surface area is 128 Å². The molecule has 2 unspecified atom stereocenters. The summed E-state index contributed by atoms with van der Waals surface area (Å²) in [5, 5.41) is 0. The molecule has 3 rings (SSSR count). The van der Waals surface area contributed by atoms with Crippen LogP contribution in [0.4, 0.5) is 0 Å². The van der Waals surface area contributed by atoms with Crippen LogP contribution in [0.15, 0.2) is 54.1 Å². The third-order valence-electron chi connectivity index (χ3n) is 4.91. The van der Waals surface area contributed by atoms with Gasteiger partial charge in [-0.1, -0.05) is 54.1 Å². The Morgan fingerprint density at radius 3 is 2.57 bits per heavy atom. The van der Waals surface area contributed by atoms with Crippen molar-refractivity contribution in [1.82, 2.24) is 4.90 Å². The Balaban J connectivity index is 1.54. The number of rotatable bonds is 3. The number of benzene rings is 1. The summed E-state index contributed by atoms with van der Waals surface area (Å²) < 4.78 is 0. The van der Waals surface area contributed by atoms with Crippen LogP contribution >= 0.6 is 0 Å². The second-order valence-electron chi connectivity index (χ2n) is 6.52. The van der Waals surface area contributed by atoms with Crippen LogP contribution in [0, 0.1) is 11.8 Å². The number of nitrogens with zero attached hydrogens (tertiary/aromatic N) is 1. The maximum Gasteiger partial charge on any atom is 0.0293 e. The number of likely N-dealkylation sites (tertiary alicyclic amines) is 1. The fraction of sp³-hybridized carbons (Fsp3) is 0.474. The molecule has 1 fully saturated rings. The molecule has 1 aliphatic carbocycles. The molecule has 0 spiro atoms. The van der Waals surface area contributed by atoms with Gasteiger partial charge in [-0.25, -0.2) is 0 Å². The largest absolute Gasteiger partial charge is 0.324 e. The minimum Gasteiger partial charge on any atom is -0.324 e. The third kappa shape index (κ3) is 3.63. The first kappa shape index (κ1) is 14.6. The summed E-state index contributed by atoms with van der Waals surface area (Å²) >= 11 is 0. The molecule has 2 aliphatic rings. The number of hydrogen-bond acceptors (Lipinski definition) is 2. The highest BCUT2D eigenvalue weighted by Crippen LogP contribution is 2.31. The normalized spacial score (nSPS) is 27.6. The molecular weight excluding hydrogens is 256 g/mol. The summed E-state index contributed by atoms with van der Waals surface area (Å²) in [6, 6.07) is 11.0. The van der Waals surface area contributed by atoms with Crippen molar-refractivity contribution in [2.24, 2.45) is 17.6 Å². The van der Waals surface area contributed by atoms with E-state index in [4.69, 9.17) is 5.73 Å². The van der Waals surface area contributed by atoms with Gasteiger partial charge in [0, 0.05) is 12.6 Å². The molecule has 2 N–H and O–H groups in total. The summed E-state index contributed by atoms with van der Waals surface area (Å²) in [6.45, 7) is 5.65. The van der Waals surface area contributed by atoms with Gasteiger partial charge in [-0.15, -0.1) is 0 Å². The zero-order chi connectivity index (χ0) is 14.7. The van der Waals surface area contributed by atoms with Crippen LogP contribution in [0.5, 0.6) is 0 Å². The van der Waals surface area contributed by atoms with Crippen LogP contribution < -0.4 is 5.73 Å². The summed E-state index contributed by atoms with van der Waals surface area (Å²) in [4.78, 5) is 2.58. The van der Waals surface area contributed by atoms with Gasteiger partial charge in [-0.3, -0.25) is 4.90 Å². The van der Waals surface area contributed by atoms with Crippen molar-refractivity contribution in [3.05, 3.63) is 59.7 Å². The van der Waals surface area contributed by atoms with Gasteiger partial charge in [-0.05, 0) is 50.3 Å². The first-order valence-electron chi connectivity index (χ1n) is 8.11. The highest BCUT2D eigenvalue weighted by Gasteiger charge is 2.29. The van der Waals surface area contributed by atoms with Crippen molar-refractivity contribution in [3.63, 3.8) is 0 Å². The number of piperidine rings is 1. The molecule has 112 valence electrons. The first-order chi connectivity index (χ1) is 10.2. The molecule has 0 radical (unpaired) electrons. The van der Waals surface area contributed by atoms with Crippen LogP contribution in [-0.4, -0.2) is 24.0 Å². The van der Waals surface area contributed by atoms with Crippen molar-refractivity contribution in [2.75, 3.05) is 13.1 Å². The SMILES string of the molecule is CC1=CC(C2CCN(Cc3ccccc3)CC2)C(N)C=C1. The molecule has 1 aliphatic heterocycles. The van der Waals surface area contributed by atoms with Crippen molar-refractivity contribution in [3.8, 4) is 0 Å². The number of allylic oxidation sites excluding steroid dienone is 2. The van der Waals surface area contributed by atoms with Crippen LogP contribution in [0.2, 0.25) is 0 Å². The lowest BCUT2D eigenvalue weighted by Crippen LogP contribution is -2.41. The van der Waals surface area contributed by atoms with E-state index in [1.54, 1.807) is 0 Å². The molecule has 0 aromatic heterocycles. The molecule has 1 aromatic carbocycles. The van der Waals surface area contributed by atoms with Crippen molar-refractivity contribution >= 4 is 0 Å². The second kappa shape index (κ2) is 6.59. The van der Waals surface area contributed by atoms with Crippen LogP contribution in [0.3, 0.4) is 0 Å². The molecule has 1 saturated heterocycles.